The van der Waals surface area contributed by atoms with Gasteiger partial charge in [-0.25, -0.2) is 8.42 Å². The van der Waals surface area contributed by atoms with Gasteiger partial charge in [0, 0.05) is 6.54 Å². The van der Waals surface area contributed by atoms with E-state index in [-0.39, 0.29) is 16.4 Å². The van der Waals surface area contributed by atoms with E-state index in [0.717, 1.165) is 19.4 Å². The summed E-state index contributed by atoms with van der Waals surface area (Å²) in [4.78, 5) is 0. The molecule has 0 saturated carbocycles. The molecule has 1 N–H and O–H groups in total. The zero-order chi connectivity index (χ0) is 12.8. The fraction of sp³-hybridized carbons (Fsp3) is 1.00. The highest BCUT2D eigenvalue weighted by atomic mass is 32.2. The predicted octanol–water partition coefficient (Wildman–Crippen LogP) is 2.22. The van der Waals surface area contributed by atoms with Crippen LogP contribution in [-0.2, 0) is 9.84 Å². The summed E-state index contributed by atoms with van der Waals surface area (Å²) in [6, 6.07) is 0. The molecule has 0 spiro atoms. The van der Waals surface area contributed by atoms with Crippen LogP contribution in [0.3, 0.4) is 0 Å². The van der Waals surface area contributed by atoms with Gasteiger partial charge < -0.3 is 5.32 Å². The van der Waals surface area contributed by atoms with E-state index in [1.807, 2.05) is 20.8 Å². The molecule has 0 aromatic heterocycles. The van der Waals surface area contributed by atoms with Crippen molar-refractivity contribution in [1.82, 2.24) is 5.32 Å². The molecule has 16 heavy (non-hydrogen) atoms. The van der Waals surface area contributed by atoms with Gasteiger partial charge in [0.25, 0.3) is 0 Å². The molecule has 0 bridgehead atoms. The Morgan fingerprint density at radius 1 is 1.12 bits per heavy atom. The van der Waals surface area contributed by atoms with Gasteiger partial charge in [-0.2, -0.15) is 0 Å². The molecule has 0 amide bonds. The number of sulfone groups is 1. The monoisotopic (exact) mass is 249 g/mol. The highest BCUT2D eigenvalue weighted by Gasteiger charge is 2.29. The van der Waals surface area contributed by atoms with Gasteiger partial charge in [0.15, 0.2) is 9.84 Å². The second kappa shape index (κ2) is 7.28. The van der Waals surface area contributed by atoms with Gasteiger partial charge in [0.2, 0.25) is 0 Å². The molecule has 0 saturated heterocycles. The summed E-state index contributed by atoms with van der Waals surface area (Å²) in [5, 5.41) is 2.66. The van der Waals surface area contributed by atoms with Crippen molar-refractivity contribution in [3.63, 3.8) is 0 Å². The van der Waals surface area contributed by atoms with Crippen molar-refractivity contribution in [3.05, 3.63) is 0 Å². The van der Waals surface area contributed by atoms with Crippen LogP contribution in [0.4, 0.5) is 0 Å². The van der Waals surface area contributed by atoms with Crippen LogP contribution in [0, 0.1) is 5.92 Å². The maximum atomic E-state index is 12.1. The number of rotatable bonds is 8. The fourth-order valence-corrected chi connectivity index (χ4v) is 3.31. The van der Waals surface area contributed by atoms with Gasteiger partial charge >= 0.3 is 0 Å². The largest absolute Gasteiger partial charge is 0.315 e. The lowest BCUT2D eigenvalue weighted by atomic mass is 10.2. The molecule has 0 radical (unpaired) electrons. The molecule has 2 unspecified atom stereocenters. The topological polar surface area (TPSA) is 46.2 Å². The molecular weight excluding hydrogens is 222 g/mol. The minimum absolute atomic E-state index is 0.183. The Morgan fingerprint density at radius 2 is 1.69 bits per heavy atom. The van der Waals surface area contributed by atoms with Gasteiger partial charge in [-0.05, 0) is 32.7 Å². The summed E-state index contributed by atoms with van der Waals surface area (Å²) in [5.74, 6) is 0.183. The number of hydrogen-bond acceptors (Lipinski definition) is 3. The Balaban J connectivity index is 4.20. The molecule has 0 aliphatic heterocycles. The second-order valence-electron chi connectivity index (χ2n) is 4.91. The number of unbranched alkanes of at least 4 members (excludes halogenated alkanes) is 1. The van der Waals surface area contributed by atoms with Gasteiger partial charge in [-0.3, -0.25) is 0 Å². The minimum atomic E-state index is -2.99. The second-order valence-corrected chi connectivity index (χ2v) is 7.63. The van der Waals surface area contributed by atoms with E-state index in [1.165, 1.54) is 0 Å². The molecular formula is C12H27NO2S. The predicted molar refractivity (Wildman–Crippen MR) is 70.5 cm³/mol. The molecule has 0 heterocycles. The molecule has 0 aliphatic rings. The van der Waals surface area contributed by atoms with Crippen molar-refractivity contribution in [2.45, 2.75) is 58.0 Å². The van der Waals surface area contributed by atoms with E-state index in [9.17, 15) is 8.42 Å². The molecule has 2 atom stereocenters. The third kappa shape index (κ3) is 4.83. The SMILES string of the molecule is CCCCNCC(C)S(=O)(=O)C(C)C(C)C. The van der Waals surface area contributed by atoms with Crippen molar-refractivity contribution in [3.8, 4) is 0 Å². The lowest BCUT2D eigenvalue weighted by Crippen LogP contribution is -2.38. The van der Waals surface area contributed by atoms with Crippen molar-refractivity contribution in [2.24, 2.45) is 5.92 Å². The number of hydrogen-bond donors (Lipinski definition) is 1. The lowest BCUT2D eigenvalue weighted by molar-refractivity contribution is 0.527. The smallest absolute Gasteiger partial charge is 0.156 e. The average molecular weight is 249 g/mol. The Morgan fingerprint density at radius 3 is 2.12 bits per heavy atom. The maximum Gasteiger partial charge on any atom is 0.156 e. The van der Waals surface area contributed by atoms with Crippen LogP contribution in [0.5, 0.6) is 0 Å². The van der Waals surface area contributed by atoms with Crippen LogP contribution in [0.2, 0.25) is 0 Å². The van der Waals surface area contributed by atoms with E-state index in [2.05, 4.69) is 12.2 Å². The molecule has 0 aromatic rings. The van der Waals surface area contributed by atoms with Crippen LogP contribution in [0.25, 0.3) is 0 Å². The van der Waals surface area contributed by atoms with Gasteiger partial charge in [-0.15, -0.1) is 0 Å². The Hall–Kier alpha value is -0.0900. The van der Waals surface area contributed by atoms with Crippen molar-refractivity contribution < 1.29 is 8.42 Å². The van der Waals surface area contributed by atoms with Crippen LogP contribution < -0.4 is 5.32 Å². The highest BCUT2D eigenvalue weighted by molar-refractivity contribution is 7.92. The van der Waals surface area contributed by atoms with Crippen LogP contribution >= 0.6 is 0 Å². The summed E-state index contributed by atoms with van der Waals surface area (Å²) < 4.78 is 24.2. The van der Waals surface area contributed by atoms with Crippen molar-refractivity contribution >= 4 is 9.84 Å². The summed E-state index contributed by atoms with van der Waals surface area (Å²) in [7, 11) is -2.99. The Labute approximate surface area is 101 Å². The standard InChI is InChI=1S/C12H27NO2S/c1-6-7-8-13-9-11(4)16(14,15)12(5)10(2)3/h10-13H,6-9H2,1-5H3. The Bertz CT molecular complexity index is 273. The van der Waals surface area contributed by atoms with Gasteiger partial charge in [-0.1, -0.05) is 27.2 Å². The first-order valence-electron chi connectivity index (χ1n) is 6.27. The third-order valence-electron chi connectivity index (χ3n) is 3.16. The van der Waals surface area contributed by atoms with Gasteiger partial charge in [0.05, 0.1) is 10.5 Å². The normalized spacial score (nSPS) is 16.4. The summed E-state index contributed by atoms with van der Waals surface area (Å²) in [6.07, 6.45) is 2.24. The zero-order valence-corrected chi connectivity index (χ0v) is 12.1. The van der Waals surface area contributed by atoms with E-state index in [1.54, 1.807) is 6.92 Å². The van der Waals surface area contributed by atoms with Crippen LogP contribution in [-0.4, -0.2) is 32.0 Å². The molecule has 0 fully saturated rings. The first-order valence-corrected chi connectivity index (χ1v) is 7.88. The fourth-order valence-electron chi connectivity index (χ4n) is 1.47. The summed E-state index contributed by atoms with van der Waals surface area (Å²) >= 11 is 0. The molecule has 3 nitrogen and oxygen atoms in total. The summed E-state index contributed by atoms with van der Waals surface area (Å²) in [5.41, 5.74) is 0. The molecule has 0 aliphatic carbocycles. The number of nitrogens with one attached hydrogen (secondary N) is 1. The van der Waals surface area contributed by atoms with E-state index in [4.69, 9.17) is 0 Å². The van der Waals surface area contributed by atoms with Crippen LogP contribution in [0.15, 0.2) is 0 Å². The highest BCUT2D eigenvalue weighted by Crippen LogP contribution is 2.16. The van der Waals surface area contributed by atoms with Crippen molar-refractivity contribution in [2.75, 3.05) is 13.1 Å². The zero-order valence-electron chi connectivity index (χ0n) is 11.3. The van der Waals surface area contributed by atoms with E-state index in [0.29, 0.717) is 6.54 Å². The van der Waals surface area contributed by atoms with E-state index >= 15 is 0 Å². The first kappa shape index (κ1) is 15.9. The molecule has 98 valence electrons. The van der Waals surface area contributed by atoms with Gasteiger partial charge in [0.1, 0.15) is 0 Å². The quantitative estimate of drug-likeness (QED) is 0.671. The lowest BCUT2D eigenvalue weighted by Gasteiger charge is -2.21. The molecule has 0 aromatic carbocycles. The Kier molecular flexibility index (Phi) is 7.24. The average Bonchev–Trinajstić information content (AvgIpc) is 2.22. The third-order valence-corrected chi connectivity index (χ3v) is 6.03. The summed E-state index contributed by atoms with van der Waals surface area (Å²) in [6.45, 7) is 11.1. The first-order chi connectivity index (χ1) is 7.34. The maximum absolute atomic E-state index is 12.1. The van der Waals surface area contributed by atoms with Crippen LogP contribution in [0.1, 0.15) is 47.5 Å². The minimum Gasteiger partial charge on any atom is -0.315 e. The molecule has 4 heteroatoms. The van der Waals surface area contributed by atoms with Crippen molar-refractivity contribution in [1.29, 1.82) is 0 Å². The van der Waals surface area contributed by atoms with E-state index < -0.39 is 9.84 Å². The molecule has 0 rings (SSSR count).